The van der Waals surface area contributed by atoms with Gasteiger partial charge in [-0.15, -0.1) is 0 Å². The lowest BCUT2D eigenvalue weighted by atomic mass is 9.67. The summed E-state index contributed by atoms with van der Waals surface area (Å²) in [7, 11) is 0. The number of anilines is 3. The monoisotopic (exact) mass is 803 g/mol. The van der Waals surface area contributed by atoms with Gasteiger partial charge in [0.25, 0.3) is 0 Å². The maximum atomic E-state index is 7.03. The fourth-order valence-electron chi connectivity index (χ4n) is 10.1. The second kappa shape index (κ2) is 15.1. The molecule has 2 nitrogen and oxygen atoms in total. The van der Waals surface area contributed by atoms with Crippen LogP contribution in [0.1, 0.15) is 22.3 Å². The van der Waals surface area contributed by atoms with Crippen LogP contribution in [0, 0.1) is 0 Å². The number of hydrogen-bond donors (Lipinski definition) is 0. The summed E-state index contributed by atoms with van der Waals surface area (Å²) >= 11 is 0. The van der Waals surface area contributed by atoms with Crippen LogP contribution in [0.2, 0.25) is 0 Å². The Morgan fingerprint density at radius 1 is 0.333 bits per heavy atom. The molecule has 10 aromatic carbocycles. The lowest BCUT2D eigenvalue weighted by Crippen LogP contribution is -2.28. The van der Waals surface area contributed by atoms with Gasteiger partial charge in [-0.2, -0.15) is 0 Å². The highest BCUT2D eigenvalue weighted by molar-refractivity contribution is 6.18. The fourth-order valence-corrected chi connectivity index (χ4v) is 10.1. The van der Waals surface area contributed by atoms with Crippen LogP contribution in [-0.2, 0) is 5.41 Å². The van der Waals surface area contributed by atoms with Crippen molar-refractivity contribution in [2.75, 3.05) is 4.90 Å². The Labute approximate surface area is 367 Å². The lowest BCUT2D eigenvalue weighted by molar-refractivity contribution is 0.669. The first-order valence-corrected chi connectivity index (χ1v) is 21.7. The van der Waals surface area contributed by atoms with Crippen LogP contribution in [0.3, 0.4) is 0 Å². The van der Waals surface area contributed by atoms with Gasteiger partial charge in [-0.3, -0.25) is 0 Å². The molecule has 2 heteroatoms. The topological polar surface area (TPSA) is 16.4 Å². The van der Waals surface area contributed by atoms with Gasteiger partial charge in [-0.25, -0.2) is 0 Å². The van der Waals surface area contributed by atoms with E-state index in [1.807, 2.05) is 0 Å². The van der Waals surface area contributed by atoms with E-state index < -0.39 is 5.41 Å². The summed E-state index contributed by atoms with van der Waals surface area (Å²) < 4.78 is 7.03. The summed E-state index contributed by atoms with van der Waals surface area (Å²) in [6.45, 7) is 0. The highest BCUT2D eigenvalue weighted by Crippen LogP contribution is 2.60. The number of hydrogen-bond acceptors (Lipinski definition) is 2. The fraction of sp³-hybridized carbons (Fsp3) is 0.0164. The molecular formula is C61H41NO. The van der Waals surface area contributed by atoms with Crippen molar-refractivity contribution in [1.29, 1.82) is 0 Å². The third-order valence-corrected chi connectivity index (χ3v) is 13.0. The molecule has 0 unspecified atom stereocenters. The predicted octanol–water partition coefficient (Wildman–Crippen LogP) is 16.4. The van der Waals surface area contributed by atoms with Crippen molar-refractivity contribution in [2.24, 2.45) is 0 Å². The van der Waals surface area contributed by atoms with Crippen LogP contribution in [0.4, 0.5) is 17.1 Å². The first kappa shape index (κ1) is 36.6. The number of benzene rings is 10. The van der Waals surface area contributed by atoms with Crippen molar-refractivity contribution < 1.29 is 4.42 Å². The van der Waals surface area contributed by atoms with E-state index >= 15 is 0 Å². The van der Waals surface area contributed by atoms with Gasteiger partial charge in [-0.05, 0) is 110 Å². The molecule has 0 saturated heterocycles. The molecule has 1 aliphatic carbocycles. The average molecular weight is 804 g/mol. The van der Waals surface area contributed by atoms with E-state index in [9.17, 15) is 0 Å². The minimum atomic E-state index is -0.565. The highest BCUT2D eigenvalue weighted by Gasteiger charge is 2.47. The first-order chi connectivity index (χ1) is 31.3. The van der Waals surface area contributed by atoms with Crippen LogP contribution >= 0.6 is 0 Å². The van der Waals surface area contributed by atoms with Gasteiger partial charge in [0.2, 0.25) is 0 Å². The Kier molecular flexibility index (Phi) is 8.76. The lowest BCUT2D eigenvalue weighted by Gasteiger charge is -2.34. The van der Waals surface area contributed by atoms with E-state index in [-0.39, 0.29) is 0 Å². The van der Waals surface area contributed by atoms with Gasteiger partial charge < -0.3 is 9.32 Å². The quantitative estimate of drug-likeness (QED) is 0.152. The van der Waals surface area contributed by atoms with E-state index in [1.165, 1.54) is 50.1 Å². The molecule has 1 aliphatic rings. The third-order valence-electron chi connectivity index (χ3n) is 13.0. The van der Waals surface area contributed by atoms with E-state index in [2.05, 4.69) is 254 Å². The van der Waals surface area contributed by atoms with Crippen LogP contribution in [0.5, 0.6) is 0 Å². The number of fused-ring (bicyclic) bond motifs is 7. The summed E-state index contributed by atoms with van der Waals surface area (Å²) in [5.74, 6) is 0. The van der Waals surface area contributed by atoms with Crippen molar-refractivity contribution in [2.45, 2.75) is 5.41 Å². The van der Waals surface area contributed by atoms with E-state index in [4.69, 9.17) is 4.42 Å². The van der Waals surface area contributed by atoms with Gasteiger partial charge in [-0.1, -0.05) is 200 Å². The van der Waals surface area contributed by atoms with Crippen LogP contribution < -0.4 is 4.90 Å². The zero-order valence-corrected chi connectivity index (χ0v) is 34.5. The Balaban J connectivity index is 1.05. The Morgan fingerprint density at radius 3 is 1.30 bits per heavy atom. The zero-order valence-electron chi connectivity index (χ0n) is 34.5. The van der Waals surface area contributed by atoms with Gasteiger partial charge in [0.15, 0.2) is 0 Å². The molecule has 0 aliphatic heterocycles. The predicted molar refractivity (Wildman–Crippen MR) is 262 cm³/mol. The molecule has 0 bridgehead atoms. The van der Waals surface area contributed by atoms with Gasteiger partial charge in [0.1, 0.15) is 11.2 Å². The van der Waals surface area contributed by atoms with Gasteiger partial charge in [0, 0.05) is 33.4 Å². The second-order valence-electron chi connectivity index (χ2n) is 16.4. The molecule has 0 fully saturated rings. The molecular weight excluding hydrogens is 763 g/mol. The molecule has 296 valence electrons. The Morgan fingerprint density at radius 2 is 0.762 bits per heavy atom. The zero-order chi connectivity index (χ0) is 41.7. The smallest absolute Gasteiger partial charge is 0.144 e. The van der Waals surface area contributed by atoms with Gasteiger partial charge in [0.05, 0.1) is 5.41 Å². The molecule has 0 radical (unpaired) electrons. The number of furan rings is 1. The molecule has 63 heavy (non-hydrogen) atoms. The summed E-state index contributed by atoms with van der Waals surface area (Å²) in [5.41, 5.74) is 18.9. The van der Waals surface area contributed by atoms with Crippen molar-refractivity contribution in [3.8, 4) is 44.5 Å². The summed E-state index contributed by atoms with van der Waals surface area (Å²) in [6.07, 6.45) is 0. The standard InChI is InChI=1S/C61H41NO/c1-5-17-42(18-6-1)44-29-35-49(36-30-44)62(50-37-31-45(32-38-50)43-19-7-2-8-20-43)51-39-33-46(34-40-51)54-41-56-59(60-58(54)53-26-14-16-28-57(53)63-60)52-25-13-15-27-55(52)61(56,47-21-9-3-10-22-47)48-23-11-4-12-24-48/h1-41H. The molecule has 1 aromatic heterocycles. The molecule has 0 N–H and O–H groups in total. The number of para-hydroxylation sites is 1. The van der Waals surface area contributed by atoms with Crippen LogP contribution in [0.15, 0.2) is 253 Å². The highest BCUT2D eigenvalue weighted by atomic mass is 16.3. The third kappa shape index (κ3) is 5.95. The van der Waals surface area contributed by atoms with E-state index in [1.54, 1.807) is 0 Å². The summed E-state index contributed by atoms with van der Waals surface area (Å²) in [5, 5.41) is 2.25. The minimum absolute atomic E-state index is 0.565. The molecule has 0 saturated carbocycles. The van der Waals surface area contributed by atoms with Crippen molar-refractivity contribution in [3.63, 3.8) is 0 Å². The molecule has 1 heterocycles. The molecule has 0 spiro atoms. The van der Waals surface area contributed by atoms with Gasteiger partial charge >= 0.3 is 0 Å². The summed E-state index contributed by atoms with van der Waals surface area (Å²) in [4.78, 5) is 2.35. The maximum Gasteiger partial charge on any atom is 0.144 e. The number of nitrogens with zero attached hydrogens (tertiary/aromatic N) is 1. The van der Waals surface area contributed by atoms with Crippen molar-refractivity contribution in [3.05, 3.63) is 271 Å². The second-order valence-corrected chi connectivity index (χ2v) is 16.4. The Bertz CT molecular complexity index is 3270. The largest absolute Gasteiger partial charge is 0.455 e. The minimum Gasteiger partial charge on any atom is -0.455 e. The van der Waals surface area contributed by atoms with E-state index in [0.29, 0.717) is 0 Å². The SMILES string of the molecule is c1ccc(-c2ccc(N(c3ccc(-c4ccccc4)cc3)c3ccc(-c4cc5c(c6oc7ccccc7c46)-c4ccccc4C5(c4ccccc4)c4ccccc4)cc3)cc2)cc1. The van der Waals surface area contributed by atoms with Crippen molar-refractivity contribution in [1.82, 2.24) is 0 Å². The average Bonchev–Trinajstić information content (AvgIpc) is 3.90. The number of rotatable bonds is 8. The summed E-state index contributed by atoms with van der Waals surface area (Å²) in [6, 6.07) is 89.9. The normalized spacial score (nSPS) is 12.6. The Hall–Kier alpha value is -8.20. The maximum absolute atomic E-state index is 7.03. The van der Waals surface area contributed by atoms with Crippen molar-refractivity contribution >= 4 is 39.0 Å². The molecule has 0 amide bonds. The molecule has 11 aromatic rings. The van der Waals surface area contributed by atoms with E-state index in [0.717, 1.165) is 55.7 Å². The van der Waals surface area contributed by atoms with Crippen LogP contribution in [0.25, 0.3) is 66.4 Å². The first-order valence-electron chi connectivity index (χ1n) is 21.7. The van der Waals surface area contributed by atoms with Crippen LogP contribution in [-0.4, -0.2) is 0 Å². The molecule has 12 rings (SSSR count). The molecule has 0 atom stereocenters.